The Bertz CT molecular complexity index is 923. The normalized spacial score (nSPS) is 10.6. The standard InChI is InChI=1S/C16H13Cl2N5O/c1-9-14(8-21-23(9)12-4-2-3-11(17)6-12)22-16-13(18)5-10(7-20-16)15(19)24/h2-8H,1H3,(H2,19,24)(H,20,22). The summed E-state index contributed by atoms with van der Waals surface area (Å²) >= 11 is 12.2. The predicted octanol–water partition coefficient (Wildman–Crippen LogP) is 3.73. The van der Waals surface area contributed by atoms with Gasteiger partial charge in [0.2, 0.25) is 5.91 Å². The molecular formula is C16H13Cl2N5O. The molecule has 3 aromatic rings. The van der Waals surface area contributed by atoms with Gasteiger partial charge in [-0.1, -0.05) is 29.3 Å². The molecule has 0 aliphatic rings. The Kier molecular flexibility index (Phi) is 4.42. The fourth-order valence-corrected chi connectivity index (χ4v) is 2.59. The van der Waals surface area contributed by atoms with Crippen LogP contribution in [0, 0.1) is 6.92 Å². The lowest BCUT2D eigenvalue weighted by Gasteiger charge is -2.09. The maximum Gasteiger partial charge on any atom is 0.250 e. The molecule has 3 rings (SSSR count). The molecule has 8 heteroatoms. The zero-order valence-corrected chi connectivity index (χ0v) is 14.1. The third kappa shape index (κ3) is 3.20. The van der Waals surface area contributed by atoms with E-state index in [4.69, 9.17) is 28.9 Å². The number of primary amides is 1. The molecule has 0 bridgehead atoms. The van der Waals surface area contributed by atoms with Crippen molar-refractivity contribution in [2.24, 2.45) is 5.73 Å². The van der Waals surface area contributed by atoms with Crippen LogP contribution < -0.4 is 11.1 Å². The summed E-state index contributed by atoms with van der Waals surface area (Å²) in [5, 5.41) is 8.37. The van der Waals surface area contributed by atoms with E-state index in [1.165, 1.54) is 12.3 Å². The summed E-state index contributed by atoms with van der Waals surface area (Å²) in [6.07, 6.45) is 3.03. The van der Waals surface area contributed by atoms with E-state index in [9.17, 15) is 4.79 Å². The van der Waals surface area contributed by atoms with Gasteiger partial charge in [-0.3, -0.25) is 4.79 Å². The number of amides is 1. The second-order valence-corrected chi connectivity index (χ2v) is 5.92. The molecule has 0 aliphatic carbocycles. The second kappa shape index (κ2) is 6.51. The molecule has 6 nitrogen and oxygen atoms in total. The molecule has 24 heavy (non-hydrogen) atoms. The average Bonchev–Trinajstić information content (AvgIpc) is 2.90. The molecule has 1 aromatic carbocycles. The van der Waals surface area contributed by atoms with Gasteiger partial charge in [-0.25, -0.2) is 9.67 Å². The predicted molar refractivity (Wildman–Crippen MR) is 94.4 cm³/mol. The van der Waals surface area contributed by atoms with Gasteiger partial charge < -0.3 is 11.1 Å². The molecule has 0 saturated carbocycles. The minimum atomic E-state index is -0.582. The summed E-state index contributed by atoms with van der Waals surface area (Å²) in [5.41, 5.74) is 7.89. The van der Waals surface area contributed by atoms with Crippen molar-refractivity contribution in [2.75, 3.05) is 5.32 Å². The second-order valence-electron chi connectivity index (χ2n) is 5.08. The fraction of sp³-hybridized carbons (Fsp3) is 0.0625. The van der Waals surface area contributed by atoms with Crippen molar-refractivity contribution in [3.05, 3.63) is 64.0 Å². The number of nitrogens with zero attached hydrogens (tertiary/aromatic N) is 3. The number of anilines is 2. The van der Waals surface area contributed by atoms with E-state index >= 15 is 0 Å². The Balaban J connectivity index is 1.91. The van der Waals surface area contributed by atoms with Gasteiger partial charge in [0.15, 0.2) is 0 Å². The molecule has 2 heterocycles. The number of aromatic nitrogens is 3. The summed E-state index contributed by atoms with van der Waals surface area (Å²) < 4.78 is 1.75. The number of nitrogens with one attached hydrogen (secondary N) is 1. The van der Waals surface area contributed by atoms with E-state index in [2.05, 4.69) is 15.4 Å². The number of carbonyl (C=O) groups excluding carboxylic acids is 1. The number of rotatable bonds is 4. The summed E-state index contributed by atoms with van der Waals surface area (Å²) in [7, 11) is 0. The highest BCUT2D eigenvalue weighted by molar-refractivity contribution is 6.33. The maximum absolute atomic E-state index is 11.1. The Morgan fingerprint density at radius 1 is 1.25 bits per heavy atom. The van der Waals surface area contributed by atoms with Crippen LogP contribution in [0.2, 0.25) is 10.0 Å². The van der Waals surface area contributed by atoms with Gasteiger partial charge in [-0.2, -0.15) is 5.10 Å². The number of hydrogen-bond donors (Lipinski definition) is 2. The smallest absolute Gasteiger partial charge is 0.250 e. The monoisotopic (exact) mass is 361 g/mol. The molecular weight excluding hydrogens is 349 g/mol. The third-order valence-electron chi connectivity index (χ3n) is 3.44. The van der Waals surface area contributed by atoms with Crippen molar-refractivity contribution in [3.8, 4) is 5.69 Å². The lowest BCUT2D eigenvalue weighted by Crippen LogP contribution is -2.11. The minimum Gasteiger partial charge on any atom is -0.366 e. The van der Waals surface area contributed by atoms with Gasteiger partial charge in [-0.15, -0.1) is 0 Å². The largest absolute Gasteiger partial charge is 0.366 e. The van der Waals surface area contributed by atoms with E-state index in [-0.39, 0.29) is 5.56 Å². The summed E-state index contributed by atoms with van der Waals surface area (Å²) in [4.78, 5) is 15.3. The Hall–Kier alpha value is -2.57. The van der Waals surface area contributed by atoms with Crippen molar-refractivity contribution >= 4 is 40.6 Å². The van der Waals surface area contributed by atoms with Crippen molar-refractivity contribution in [2.45, 2.75) is 6.92 Å². The summed E-state index contributed by atoms with van der Waals surface area (Å²) in [6, 6.07) is 8.84. The minimum absolute atomic E-state index is 0.247. The van der Waals surface area contributed by atoms with Crippen LogP contribution in [0.1, 0.15) is 16.1 Å². The van der Waals surface area contributed by atoms with Crippen molar-refractivity contribution in [3.63, 3.8) is 0 Å². The van der Waals surface area contributed by atoms with Crippen LogP contribution in [0.15, 0.2) is 42.7 Å². The molecule has 0 unspecified atom stereocenters. The number of carbonyl (C=O) groups is 1. The molecule has 0 spiro atoms. The lowest BCUT2D eigenvalue weighted by atomic mass is 10.2. The highest BCUT2D eigenvalue weighted by Crippen LogP contribution is 2.27. The lowest BCUT2D eigenvalue weighted by molar-refractivity contribution is 0.1000. The van der Waals surface area contributed by atoms with E-state index in [0.29, 0.717) is 15.9 Å². The Labute approximate surface area is 148 Å². The molecule has 122 valence electrons. The number of pyridine rings is 1. The number of nitrogens with two attached hydrogens (primary N) is 1. The van der Waals surface area contributed by atoms with E-state index in [0.717, 1.165) is 17.1 Å². The van der Waals surface area contributed by atoms with Crippen LogP contribution in [-0.4, -0.2) is 20.7 Å². The highest BCUT2D eigenvalue weighted by Gasteiger charge is 2.12. The van der Waals surface area contributed by atoms with Crippen LogP contribution in [0.3, 0.4) is 0 Å². The van der Waals surface area contributed by atoms with Crippen molar-refractivity contribution in [1.29, 1.82) is 0 Å². The molecule has 0 aliphatic heterocycles. The van der Waals surface area contributed by atoms with E-state index in [1.807, 2.05) is 25.1 Å². The van der Waals surface area contributed by atoms with Gasteiger partial charge in [0.1, 0.15) is 5.82 Å². The summed E-state index contributed by atoms with van der Waals surface area (Å²) in [6.45, 7) is 1.90. The number of benzene rings is 1. The summed E-state index contributed by atoms with van der Waals surface area (Å²) in [5.74, 6) is -0.170. The molecule has 0 atom stereocenters. The van der Waals surface area contributed by atoms with E-state index < -0.39 is 5.91 Å². The third-order valence-corrected chi connectivity index (χ3v) is 3.96. The maximum atomic E-state index is 11.1. The number of hydrogen-bond acceptors (Lipinski definition) is 4. The highest BCUT2D eigenvalue weighted by atomic mass is 35.5. The van der Waals surface area contributed by atoms with Gasteiger partial charge in [0.05, 0.1) is 33.9 Å². The molecule has 1 amide bonds. The van der Waals surface area contributed by atoms with Gasteiger partial charge >= 0.3 is 0 Å². The Morgan fingerprint density at radius 3 is 2.71 bits per heavy atom. The molecule has 0 radical (unpaired) electrons. The van der Waals surface area contributed by atoms with Crippen molar-refractivity contribution < 1.29 is 4.79 Å². The molecule has 0 saturated heterocycles. The topological polar surface area (TPSA) is 85.8 Å². The van der Waals surface area contributed by atoms with E-state index in [1.54, 1.807) is 16.9 Å². The fourth-order valence-electron chi connectivity index (χ4n) is 2.19. The molecule has 0 fully saturated rings. The van der Waals surface area contributed by atoms with Gasteiger partial charge in [0, 0.05) is 11.2 Å². The number of halogens is 2. The molecule has 2 aromatic heterocycles. The Morgan fingerprint density at radius 2 is 2.04 bits per heavy atom. The quantitative estimate of drug-likeness (QED) is 0.741. The van der Waals surface area contributed by atoms with Gasteiger partial charge in [-0.05, 0) is 31.2 Å². The van der Waals surface area contributed by atoms with Crippen LogP contribution in [0.4, 0.5) is 11.5 Å². The zero-order valence-electron chi connectivity index (χ0n) is 12.6. The first-order valence-corrected chi connectivity index (χ1v) is 7.74. The van der Waals surface area contributed by atoms with Crippen LogP contribution in [0.25, 0.3) is 5.69 Å². The van der Waals surface area contributed by atoms with Crippen LogP contribution in [-0.2, 0) is 0 Å². The van der Waals surface area contributed by atoms with Crippen molar-refractivity contribution in [1.82, 2.24) is 14.8 Å². The average molecular weight is 362 g/mol. The zero-order chi connectivity index (χ0) is 17.3. The molecule has 3 N–H and O–H groups in total. The first kappa shape index (κ1) is 16.3. The SMILES string of the molecule is Cc1c(Nc2ncc(C(N)=O)cc2Cl)cnn1-c1cccc(Cl)c1. The first-order chi connectivity index (χ1) is 11.5. The van der Waals surface area contributed by atoms with Gasteiger partial charge in [0.25, 0.3) is 0 Å². The first-order valence-electron chi connectivity index (χ1n) is 6.98. The van der Waals surface area contributed by atoms with Crippen LogP contribution >= 0.6 is 23.2 Å². The van der Waals surface area contributed by atoms with Crippen LogP contribution in [0.5, 0.6) is 0 Å².